The molecule has 0 saturated heterocycles. The van der Waals surface area contributed by atoms with Gasteiger partial charge in [0.15, 0.2) is 0 Å². The van der Waals surface area contributed by atoms with Crippen LogP contribution in [-0.4, -0.2) is 14.3 Å². The van der Waals surface area contributed by atoms with E-state index >= 15 is 0 Å². The van der Waals surface area contributed by atoms with Gasteiger partial charge in [-0.25, -0.2) is 12.8 Å². The van der Waals surface area contributed by atoms with Crippen LogP contribution < -0.4 is 10.0 Å². The van der Waals surface area contributed by atoms with Crippen molar-refractivity contribution in [2.24, 2.45) is 5.92 Å². The molecule has 0 atom stereocenters. The highest BCUT2D eigenvalue weighted by Crippen LogP contribution is 2.33. The smallest absolute Gasteiger partial charge is 0.264 e. The van der Waals surface area contributed by atoms with E-state index in [0.29, 0.717) is 5.69 Å². The van der Waals surface area contributed by atoms with Crippen LogP contribution in [0.15, 0.2) is 50.2 Å². The Morgan fingerprint density at radius 1 is 1.08 bits per heavy atom. The number of anilines is 2. The number of sulfonamides is 1. The Balaban J connectivity index is 1.85. The second-order valence-electron chi connectivity index (χ2n) is 5.65. The lowest BCUT2D eigenvalue weighted by Gasteiger charge is -2.13. The van der Waals surface area contributed by atoms with Crippen LogP contribution in [-0.2, 0) is 14.8 Å². The molecule has 1 amide bonds. The summed E-state index contributed by atoms with van der Waals surface area (Å²) in [5, 5.41) is 2.76. The molecule has 0 radical (unpaired) electrons. The van der Waals surface area contributed by atoms with Crippen LogP contribution in [0.2, 0.25) is 0 Å². The first-order valence-electron chi connectivity index (χ1n) is 7.34. The van der Waals surface area contributed by atoms with Crippen molar-refractivity contribution >= 4 is 59.2 Å². The second kappa shape index (κ2) is 7.05. The van der Waals surface area contributed by atoms with Crippen LogP contribution in [0.3, 0.4) is 0 Å². The Morgan fingerprint density at radius 2 is 1.68 bits per heavy atom. The Hall–Kier alpha value is -1.45. The minimum absolute atomic E-state index is 0.0477. The molecule has 1 fully saturated rings. The molecule has 0 bridgehead atoms. The number of nitrogens with one attached hydrogen (secondary N) is 2. The van der Waals surface area contributed by atoms with E-state index in [1.54, 1.807) is 18.2 Å². The van der Waals surface area contributed by atoms with Gasteiger partial charge in [0, 0.05) is 20.6 Å². The van der Waals surface area contributed by atoms with Crippen LogP contribution >= 0.6 is 31.9 Å². The number of carbonyl (C=O) groups is 1. The zero-order valence-corrected chi connectivity index (χ0v) is 16.7. The summed E-state index contributed by atoms with van der Waals surface area (Å²) in [5.74, 6) is -0.585. The Labute approximate surface area is 161 Å². The van der Waals surface area contributed by atoms with Crippen molar-refractivity contribution in [3.8, 4) is 0 Å². The van der Waals surface area contributed by atoms with E-state index in [4.69, 9.17) is 0 Å². The summed E-state index contributed by atoms with van der Waals surface area (Å²) in [6, 6.07) is 8.56. The maximum absolute atomic E-state index is 13.4. The van der Waals surface area contributed by atoms with E-state index in [-0.39, 0.29) is 31.4 Å². The second-order valence-corrected chi connectivity index (χ2v) is 8.98. The molecule has 1 saturated carbocycles. The number of carbonyl (C=O) groups excluding carboxylic acids is 1. The highest BCUT2D eigenvalue weighted by molar-refractivity contribution is 9.11. The third-order valence-corrected chi connectivity index (χ3v) is 6.82. The van der Waals surface area contributed by atoms with Crippen LogP contribution in [0, 0.1) is 11.7 Å². The summed E-state index contributed by atoms with van der Waals surface area (Å²) in [4.78, 5) is 11.7. The van der Waals surface area contributed by atoms with Gasteiger partial charge >= 0.3 is 0 Å². The number of amides is 1. The standard InChI is InChI=1S/C16H13Br2FN2O3S/c17-13-6-10(19)7-14(18)15(13)25(23,24)21-12-3-1-2-11(8-12)20-16(22)9-4-5-9/h1-3,6-9,21H,4-5H2,(H,20,22). The van der Waals surface area contributed by atoms with Gasteiger partial charge in [-0.05, 0) is 75.0 Å². The largest absolute Gasteiger partial charge is 0.326 e. The SMILES string of the molecule is O=C(Nc1cccc(NS(=O)(=O)c2c(Br)cc(F)cc2Br)c1)C1CC1. The highest BCUT2D eigenvalue weighted by atomic mass is 79.9. The van der Waals surface area contributed by atoms with Crippen LogP contribution in [0.5, 0.6) is 0 Å². The van der Waals surface area contributed by atoms with Crippen LogP contribution in [0.25, 0.3) is 0 Å². The molecule has 2 N–H and O–H groups in total. The third kappa shape index (κ3) is 4.39. The molecular weight excluding hydrogens is 479 g/mol. The summed E-state index contributed by atoms with van der Waals surface area (Å²) in [5.41, 5.74) is 0.797. The average molecular weight is 492 g/mol. The molecule has 132 valence electrons. The van der Waals surface area contributed by atoms with Crippen molar-refractivity contribution in [1.82, 2.24) is 0 Å². The van der Waals surface area contributed by atoms with Crippen molar-refractivity contribution in [2.75, 3.05) is 10.0 Å². The monoisotopic (exact) mass is 490 g/mol. The van der Waals surface area contributed by atoms with Crippen LogP contribution in [0.4, 0.5) is 15.8 Å². The number of rotatable bonds is 5. The van der Waals surface area contributed by atoms with Gasteiger partial charge in [0.25, 0.3) is 10.0 Å². The summed E-state index contributed by atoms with van der Waals surface area (Å²) in [6.07, 6.45) is 1.76. The van der Waals surface area contributed by atoms with Gasteiger partial charge in [-0.3, -0.25) is 9.52 Å². The van der Waals surface area contributed by atoms with Gasteiger partial charge < -0.3 is 5.32 Å². The fourth-order valence-corrected chi connectivity index (χ4v) is 5.82. The first-order chi connectivity index (χ1) is 11.8. The lowest BCUT2D eigenvalue weighted by atomic mass is 10.2. The molecular formula is C16H13Br2FN2O3S. The predicted octanol–water partition coefficient (Wildman–Crippen LogP) is 4.50. The fraction of sp³-hybridized carbons (Fsp3) is 0.188. The maximum Gasteiger partial charge on any atom is 0.264 e. The van der Waals surface area contributed by atoms with Gasteiger partial charge in [-0.15, -0.1) is 0 Å². The van der Waals surface area contributed by atoms with E-state index in [9.17, 15) is 17.6 Å². The molecule has 1 aliphatic carbocycles. The molecule has 0 aliphatic heterocycles. The number of halogens is 3. The van der Waals surface area contributed by atoms with Crippen LogP contribution in [0.1, 0.15) is 12.8 Å². The van der Waals surface area contributed by atoms with E-state index in [2.05, 4.69) is 41.9 Å². The quantitative estimate of drug-likeness (QED) is 0.646. The number of hydrogen-bond donors (Lipinski definition) is 2. The van der Waals surface area contributed by atoms with Gasteiger partial charge in [0.2, 0.25) is 5.91 Å². The van der Waals surface area contributed by atoms with Crippen molar-refractivity contribution < 1.29 is 17.6 Å². The Bertz CT molecular complexity index is 923. The third-order valence-electron chi connectivity index (χ3n) is 3.56. The summed E-state index contributed by atoms with van der Waals surface area (Å²) in [7, 11) is -3.96. The Kier molecular flexibility index (Phi) is 5.17. The predicted molar refractivity (Wildman–Crippen MR) is 100 cm³/mol. The number of benzene rings is 2. The van der Waals surface area contributed by atoms with Crippen molar-refractivity contribution in [3.05, 3.63) is 51.2 Å². The van der Waals surface area contributed by atoms with E-state index in [0.717, 1.165) is 25.0 Å². The van der Waals surface area contributed by atoms with Crippen molar-refractivity contribution in [3.63, 3.8) is 0 Å². The van der Waals surface area contributed by atoms with E-state index in [1.165, 1.54) is 6.07 Å². The molecule has 5 nitrogen and oxygen atoms in total. The van der Waals surface area contributed by atoms with E-state index < -0.39 is 15.8 Å². The fourth-order valence-electron chi connectivity index (χ4n) is 2.24. The molecule has 25 heavy (non-hydrogen) atoms. The molecule has 0 spiro atoms. The lowest BCUT2D eigenvalue weighted by Crippen LogP contribution is -2.16. The molecule has 9 heteroatoms. The normalized spacial score (nSPS) is 14.2. The molecule has 2 aromatic carbocycles. The van der Waals surface area contributed by atoms with Gasteiger partial charge in [0.05, 0.1) is 5.69 Å². The Morgan fingerprint density at radius 3 is 2.28 bits per heavy atom. The molecule has 0 heterocycles. The summed E-state index contributed by atoms with van der Waals surface area (Å²) < 4.78 is 41.2. The highest BCUT2D eigenvalue weighted by Gasteiger charge is 2.29. The lowest BCUT2D eigenvalue weighted by molar-refractivity contribution is -0.117. The van der Waals surface area contributed by atoms with Gasteiger partial charge in [-0.1, -0.05) is 6.07 Å². The van der Waals surface area contributed by atoms with E-state index in [1.807, 2.05) is 0 Å². The maximum atomic E-state index is 13.4. The first-order valence-corrected chi connectivity index (χ1v) is 10.4. The summed E-state index contributed by atoms with van der Waals surface area (Å²) in [6.45, 7) is 0. The average Bonchev–Trinajstić information content (AvgIpc) is 3.29. The van der Waals surface area contributed by atoms with Crippen molar-refractivity contribution in [2.45, 2.75) is 17.7 Å². The molecule has 3 rings (SSSR count). The topological polar surface area (TPSA) is 75.3 Å². The number of hydrogen-bond acceptors (Lipinski definition) is 3. The first kappa shape index (κ1) is 18.3. The minimum atomic E-state index is -3.96. The van der Waals surface area contributed by atoms with Crippen molar-refractivity contribution in [1.29, 1.82) is 0 Å². The molecule has 1 aliphatic rings. The zero-order chi connectivity index (χ0) is 18.2. The van der Waals surface area contributed by atoms with Gasteiger partial charge in [0.1, 0.15) is 10.7 Å². The molecule has 0 aromatic heterocycles. The molecule has 0 unspecified atom stereocenters. The summed E-state index contributed by atoms with van der Waals surface area (Å²) >= 11 is 6.14. The zero-order valence-electron chi connectivity index (χ0n) is 12.7. The minimum Gasteiger partial charge on any atom is -0.326 e. The van der Waals surface area contributed by atoms with Gasteiger partial charge in [-0.2, -0.15) is 0 Å². The molecule has 2 aromatic rings.